The van der Waals surface area contributed by atoms with Crippen LogP contribution in [0.25, 0.3) is 0 Å². The van der Waals surface area contributed by atoms with Crippen LogP contribution < -0.4 is 10.6 Å². The molecule has 0 aromatic heterocycles. The number of carbonyl (C=O) groups is 1. The van der Waals surface area contributed by atoms with Crippen LogP contribution in [0.4, 0.5) is 5.69 Å². The second-order valence-corrected chi connectivity index (χ2v) is 5.18. The molecule has 0 radical (unpaired) electrons. The van der Waals surface area contributed by atoms with Crippen LogP contribution in [0.5, 0.6) is 0 Å². The molecule has 1 aromatic carbocycles. The average molecular weight is 277 g/mol. The number of nitrogens with zero attached hydrogens (tertiary/aromatic N) is 1. The highest BCUT2D eigenvalue weighted by molar-refractivity contribution is 5.82. The lowest BCUT2D eigenvalue weighted by atomic mass is 10.0. The highest BCUT2D eigenvalue weighted by atomic mass is 16.6. The number of nitro benzene ring substituents is 1. The van der Waals surface area contributed by atoms with Crippen molar-refractivity contribution >= 4 is 11.6 Å². The molecule has 0 bridgehead atoms. The zero-order chi connectivity index (χ0) is 14.7. The number of nitro groups is 1. The highest BCUT2D eigenvalue weighted by Gasteiger charge is 2.24. The molecule has 20 heavy (non-hydrogen) atoms. The first-order valence-corrected chi connectivity index (χ1v) is 6.77. The minimum absolute atomic E-state index is 0.0433. The van der Waals surface area contributed by atoms with E-state index < -0.39 is 4.92 Å². The molecule has 0 unspecified atom stereocenters. The molecule has 2 atom stereocenters. The van der Waals surface area contributed by atoms with Gasteiger partial charge in [-0.2, -0.15) is 0 Å². The van der Waals surface area contributed by atoms with Gasteiger partial charge < -0.3 is 10.6 Å². The molecule has 6 heteroatoms. The smallest absolute Gasteiger partial charge is 0.272 e. The van der Waals surface area contributed by atoms with Crippen molar-refractivity contribution in [3.63, 3.8) is 0 Å². The highest BCUT2D eigenvalue weighted by Crippen LogP contribution is 2.23. The van der Waals surface area contributed by atoms with Crippen molar-refractivity contribution in [2.24, 2.45) is 0 Å². The first-order valence-electron chi connectivity index (χ1n) is 6.77. The van der Waals surface area contributed by atoms with E-state index >= 15 is 0 Å². The Kier molecular flexibility index (Phi) is 4.34. The summed E-state index contributed by atoms with van der Waals surface area (Å²) >= 11 is 0. The largest absolute Gasteiger partial charge is 0.348 e. The maximum absolute atomic E-state index is 12.0. The van der Waals surface area contributed by atoms with E-state index in [4.69, 9.17) is 0 Å². The number of nitrogens with one attached hydrogen (secondary N) is 2. The number of amides is 1. The second kappa shape index (κ2) is 6.00. The van der Waals surface area contributed by atoms with Gasteiger partial charge in [0.1, 0.15) is 0 Å². The molecule has 0 aliphatic carbocycles. The van der Waals surface area contributed by atoms with Crippen molar-refractivity contribution in [3.8, 4) is 0 Å². The van der Waals surface area contributed by atoms with Gasteiger partial charge in [-0.1, -0.05) is 12.1 Å². The van der Waals surface area contributed by atoms with Gasteiger partial charge in [0.15, 0.2) is 0 Å². The Balaban J connectivity index is 2.08. The number of hydrogen-bond acceptors (Lipinski definition) is 4. The second-order valence-electron chi connectivity index (χ2n) is 5.18. The Morgan fingerprint density at radius 3 is 2.90 bits per heavy atom. The Labute approximate surface area is 117 Å². The topological polar surface area (TPSA) is 84.3 Å². The molecule has 0 saturated carbocycles. The third-order valence-electron chi connectivity index (χ3n) is 3.67. The molecule has 2 N–H and O–H groups in total. The minimum atomic E-state index is -0.397. The Morgan fingerprint density at radius 2 is 2.30 bits per heavy atom. The number of hydrogen-bond donors (Lipinski definition) is 2. The molecule has 2 rings (SSSR count). The summed E-state index contributed by atoms with van der Waals surface area (Å²) < 4.78 is 0. The number of aryl methyl sites for hydroxylation is 1. The summed E-state index contributed by atoms with van der Waals surface area (Å²) in [5, 5.41) is 17.0. The fraction of sp³-hybridized carbons (Fsp3) is 0.500. The number of rotatable bonds is 4. The van der Waals surface area contributed by atoms with Crippen LogP contribution in [0.2, 0.25) is 0 Å². The lowest BCUT2D eigenvalue weighted by molar-refractivity contribution is -0.385. The van der Waals surface area contributed by atoms with E-state index in [0.717, 1.165) is 24.9 Å². The quantitative estimate of drug-likeness (QED) is 0.649. The van der Waals surface area contributed by atoms with Gasteiger partial charge >= 0.3 is 0 Å². The molecular formula is C14H19N3O3. The van der Waals surface area contributed by atoms with Crippen LogP contribution in [0.15, 0.2) is 18.2 Å². The van der Waals surface area contributed by atoms with Crippen molar-refractivity contribution in [1.82, 2.24) is 10.6 Å². The Morgan fingerprint density at radius 1 is 1.55 bits per heavy atom. The molecule has 108 valence electrons. The predicted molar refractivity (Wildman–Crippen MR) is 75.4 cm³/mol. The van der Waals surface area contributed by atoms with Crippen LogP contribution in [-0.2, 0) is 4.79 Å². The third-order valence-corrected chi connectivity index (χ3v) is 3.67. The van der Waals surface area contributed by atoms with Crippen LogP contribution in [0.1, 0.15) is 36.9 Å². The maximum Gasteiger partial charge on any atom is 0.272 e. The number of benzene rings is 1. The summed E-state index contributed by atoms with van der Waals surface area (Å²) in [7, 11) is 0. The summed E-state index contributed by atoms with van der Waals surface area (Å²) in [6, 6.07) is 4.67. The Hall–Kier alpha value is -1.95. The van der Waals surface area contributed by atoms with Crippen molar-refractivity contribution < 1.29 is 9.72 Å². The average Bonchev–Trinajstić information content (AvgIpc) is 2.92. The van der Waals surface area contributed by atoms with Gasteiger partial charge in [0.2, 0.25) is 5.91 Å². The molecule has 1 saturated heterocycles. The van der Waals surface area contributed by atoms with E-state index in [1.54, 1.807) is 13.0 Å². The molecule has 1 fully saturated rings. The summed E-state index contributed by atoms with van der Waals surface area (Å²) in [6.45, 7) is 4.40. The molecule has 1 aliphatic heterocycles. The SMILES string of the molecule is Cc1ccc([C@H](C)NC(=O)[C@@H]2CCCN2)cc1[N+](=O)[O-]. The van der Waals surface area contributed by atoms with Crippen LogP contribution >= 0.6 is 0 Å². The van der Waals surface area contributed by atoms with Gasteiger partial charge in [-0.25, -0.2) is 0 Å². The van der Waals surface area contributed by atoms with E-state index in [2.05, 4.69) is 10.6 Å². The van der Waals surface area contributed by atoms with Gasteiger partial charge in [-0.05, 0) is 38.8 Å². The molecule has 6 nitrogen and oxygen atoms in total. The van der Waals surface area contributed by atoms with Crippen molar-refractivity contribution in [3.05, 3.63) is 39.4 Å². The first kappa shape index (κ1) is 14.5. The van der Waals surface area contributed by atoms with Gasteiger partial charge in [-0.15, -0.1) is 0 Å². The van der Waals surface area contributed by atoms with E-state index in [0.29, 0.717) is 5.56 Å². The molecule has 1 amide bonds. The van der Waals surface area contributed by atoms with Gasteiger partial charge in [0, 0.05) is 11.6 Å². The monoisotopic (exact) mass is 277 g/mol. The lowest BCUT2D eigenvalue weighted by Gasteiger charge is -2.17. The van der Waals surface area contributed by atoms with E-state index in [9.17, 15) is 14.9 Å². The Bertz CT molecular complexity index is 524. The fourth-order valence-corrected chi connectivity index (χ4v) is 2.40. The zero-order valence-electron chi connectivity index (χ0n) is 11.7. The third kappa shape index (κ3) is 3.14. The first-order chi connectivity index (χ1) is 9.49. The summed E-state index contributed by atoms with van der Waals surface area (Å²) in [6.07, 6.45) is 1.84. The van der Waals surface area contributed by atoms with E-state index in [-0.39, 0.29) is 23.7 Å². The lowest BCUT2D eigenvalue weighted by Crippen LogP contribution is -2.41. The van der Waals surface area contributed by atoms with E-state index in [1.807, 2.05) is 13.0 Å². The van der Waals surface area contributed by atoms with Crippen molar-refractivity contribution in [1.29, 1.82) is 0 Å². The zero-order valence-corrected chi connectivity index (χ0v) is 11.7. The van der Waals surface area contributed by atoms with Gasteiger partial charge in [-0.3, -0.25) is 14.9 Å². The van der Waals surface area contributed by atoms with Crippen LogP contribution in [0.3, 0.4) is 0 Å². The molecular weight excluding hydrogens is 258 g/mol. The molecule has 0 spiro atoms. The van der Waals surface area contributed by atoms with Crippen LogP contribution in [-0.4, -0.2) is 23.4 Å². The maximum atomic E-state index is 12.0. The number of carbonyl (C=O) groups excluding carboxylic acids is 1. The van der Waals surface area contributed by atoms with Gasteiger partial charge in [0.25, 0.3) is 5.69 Å². The molecule has 1 aliphatic rings. The standard InChI is InChI=1S/C14H19N3O3/c1-9-5-6-11(8-13(9)17(19)20)10(2)16-14(18)12-4-3-7-15-12/h5-6,8,10,12,15H,3-4,7H2,1-2H3,(H,16,18)/t10-,12-/m0/s1. The molecule has 1 aromatic rings. The van der Waals surface area contributed by atoms with Crippen molar-refractivity contribution in [2.75, 3.05) is 6.54 Å². The summed E-state index contributed by atoms with van der Waals surface area (Å²) in [5.41, 5.74) is 1.45. The fourth-order valence-electron chi connectivity index (χ4n) is 2.40. The summed E-state index contributed by atoms with van der Waals surface area (Å²) in [4.78, 5) is 22.5. The van der Waals surface area contributed by atoms with Gasteiger partial charge in [0.05, 0.1) is 17.0 Å². The minimum Gasteiger partial charge on any atom is -0.348 e. The van der Waals surface area contributed by atoms with Crippen LogP contribution in [0, 0.1) is 17.0 Å². The molecule has 1 heterocycles. The predicted octanol–water partition coefficient (Wildman–Crippen LogP) is 1.83. The normalized spacial score (nSPS) is 19.6. The van der Waals surface area contributed by atoms with Crippen molar-refractivity contribution in [2.45, 2.75) is 38.8 Å². The summed E-state index contributed by atoms with van der Waals surface area (Å²) in [5.74, 6) is -0.0433. The van der Waals surface area contributed by atoms with E-state index in [1.165, 1.54) is 6.07 Å².